The molecule has 1 saturated carbocycles. The molecule has 0 radical (unpaired) electrons. The number of amides is 1. The summed E-state index contributed by atoms with van der Waals surface area (Å²) in [5.41, 5.74) is 1.89. The van der Waals surface area contributed by atoms with Crippen molar-refractivity contribution in [2.45, 2.75) is 51.3 Å². The van der Waals surface area contributed by atoms with Crippen LogP contribution in [0.3, 0.4) is 0 Å². The summed E-state index contributed by atoms with van der Waals surface area (Å²) in [5, 5.41) is 17.6. The summed E-state index contributed by atoms with van der Waals surface area (Å²) in [6, 6.07) is 8.21. The predicted octanol–water partition coefficient (Wildman–Crippen LogP) is 2.53. The molecule has 26 heavy (non-hydrogen) atoms. The molecule has 1 aliphatic carbocycles. The highest BCUT2D eigenvalue weighted by Crippen LogP contribution is 2.36. The maximum Gasteiger partial charge on any atom is 0.251 e. The van der Waals surface area contributed by atoms with Gasteiger partial charge in [-0.3, -0.25) is 4.79 Å². The second-order valence-corrected chi connectivity index (χ2v) is 7.85. The summed E-state index contributed by atoms with van der Waals surface area (Å²) in [5.74, 6) is 0.922. The van der Waals surface area contributed by atoms with Crippen molar-refractivity contribution in [1.82, 2.24) is 15.2 Å². The lowest BCUT2D eigenvalue weighted by atomic mass is 9.71. The number of aromatic nitrogens is 1. The van der Waals surface area contributed by atoms with E-state index in [9.17, 15) is 9.90 Å². The summed E-state index contributed by atoms with van der Waals surface area (Å²) in [6.45, 7) is 5.08. The molecule has 2 fully saturated rings. The lowest BCUT2D eigenvalue weighted by Crippen LogP contribution is -2.52. The van der Waals surface area contributed by atoms with Crippen LogP contribution in [0.25, 0.3) is 10.9 Å². The minimum atomic E-state index is -0.189. The Balaban J connectivity index is 1.51. The van der Waals surface area contributed by atoms with E-state index >= 15 is 0 Å². The molecule has 3 N–H and O–H groups in total. The van der Waals surface area contributed by atoms with Gasteiger partial charge < -0.3 is 20.3 Å². The first kappa shape index (κ1) is 17.6. The number of carbonyl (C=O) groups excluding carboxylic acids is 1. The minimum absolute atomic E-state index is 0.0149. The van der Waals surface area contributed by atoms with Gasteiger partial charge in [-0.2, -0.15) is 0 Å². The molecule has 2 aromatic rings. The SMILES string of the molecule is CCn1ccc2cc(C(=O)N[C@H](C3CCNCC3)C3CC(O)C3)ccc21. The molecule has 1 saturated heterocycles. The van der Waals surface area contributed by atoms with Crippen molar-refractivity contribution >= 4 is 16.8 Å². The first-order chi connectivity index (χ1) is 12.7. The van der Waals surface area contributed by atoms with Crippen LogP contribution in [0, 0.1) is 11.8 Å². The van der Waals surface area contributed by atoms with E-state index in [2.05, 4.69) is 34.4 Å². The van der Waals surface area contributed by atoms with Crippen LogP contribution in [0.4, 0.5) is 0 Å². The molecular formula is C21H29N3O2. The van der Waals surface area contributed by atoms with Crippen LogP contribution in [0.5, 0.6) is 0 Å². The molecule has 2 aliphatic rings. The molecule has 5 nitrogen and oxygen atoms in total. The van der Waals surface area contributed by atoms with E-state index < -0.39 is 0 Å². The molecule has 140 valence electrons. The van der Waals surface area contributed by atoms with E-state index in [1.165, 1.54) is 5.52 Å². The van der Waals surface area contributed by atoms with Crippen molar-refractivity contribution in [2.75, 3.05) is 13.1 Å². The van der Waals surface area contributed by atoms with Crippen molar-refractivity contribution in [3.05, 3.63) is 36.0 Å². The summed E-state index contributed by atoms with van der Waals surface area (Å²) < 4.78 is 2.19. The average Bonchev–Trinajstić information content (AvgIpc) is 3.06. The van der Waals surface area contributed by atoms with Crippen LogP contribution in [-0.2, 0) is 6.54 Å². The van der Waals surface area contributed by atoms with Gasteiger partial charge in [-0.1, -0.05) is 0 Å². The molecule has 1 aromatic heterocycles. The zero-order valence-corrected chi connectivity index (χ0v) is 15.4. The van der Waals surface area contributed by atoms with Crippen LogP contribution in [0.1, 0.15) is 43.0 Å². The van der Waals surface area contributed by atoms with Gasteiger partial charge in [0.2, 0.25) is 0 Å². The maximum atomic E-state index is 12.9. The normalized spacial score (nSPS) is 25.0. The van der Waals surface area contributed by atoms with Gasteiger partial charge in [0.25, 0.3) is 5.91 Å². The number of nitrogens with zero attached hydrogens (tertiary/aromatic N) is 1. The van der Waals surface area contributed by atoms with Crippen LogP contribution in [0.2, 0.25) is 0 Å². The van der Waals surface area contributed by atoms with Crippen molar-refractivity contribution in [3.63, 3.8) is 0 Å². The first-order valence-corrected chi connectivity index (χ1v) is 9.94. The smallest absolute Gasteiger partial charge is 0.251 e. The second kappa shape index (κ2) is 7.41. The monoisotopic (exact) mass is 355 g/mol. The molecule has 0 spiro atoms. The van der Waals surface area contributed by atoms with Crippen molar-refractivity contribution in [3.8, 4) is 0 Å². The highest BCUT2D eigenvalue weighted by molar-refractivity contribution is 5.98. The van der Waals surface area contributed by atoms with Crippen molar-refractivity contribution < 1.29 is 9.90 Å². The number of rotatable bonds is 5. The molecule has 5 heteroatoms. The third-order valence-electron chi connectivity index (χ3n) is 6.22. The van der Waals surface area contributed by atoms with Gasteiger partial charge >= 0.3 is 0 Å². The second-order valence-electron chi connectivity index (χ2n) is 7.85. The van der Waals surface area contributed by atoms with Crippen LogP contribution >= 0.6 is 0 Å². The first-order valence-electron chi connectivity index (χ1n) is 9.94. The quantitative estimate of drug-likeness (QED) is 0.772. The number of hydrogen-bond donors (Lipinski definition) is 3. The number of aryl methyl sites for hydroxylation is 1. The fourth-order valence-electron chi connectivity index (χ4n) is 4.60. The van der Waals surface area contributed by atoms with Gasteiger partial charge in [0, 0.05) is 35.2 Å². The molecular weight excluding hydrogens is 326 g/mol. The van der Waals surface area contributed by atoms with Crippen LogP contribution in [-0.4, -0.2) is 40.8 Å². The summed E-state index contributed by atoms with van der Waals surface area (Å²) in [7, 11) is 0. The molecule has 0 bridgehead atoms. The predicted molar refractivity (Wildman–Crippen MR) is 103 cm³/mol. The van der Waals surface area contributed by atoms with Gasteiger partial charge in [0.05, 0.1) is 6.10 Å². The zero-order chi connectivity index (χ0) is 18.1. The molecule has 1 aromatic carbocycles. The highest BCUT2D eigenvalue weighted by atomic mass is 16.3. The average molecular weight is 355 g/mol. The topological polar surface area (TPSA) is 66.3 Å². The Labute approximate surface area is 154 Å². The third-order valence-corrected chi connectivity index (χ3v) is 6.22. The Kier molecular flexibility index (Phi) is 5.00. The number of aliphatic hydroxyl groups excluding tert-OH is 1. The van der Waals surface area contributed by atoms with Crippen LogP contribution in [0.15, 0.2) is 30.5 Å². The largest absolute Gasteiger partial charge is 0.393 e. The number of fused-ring (bicyclic) bond motifs is 1. The Morgan fingerprint density at radius 2 is 2.04 bits per heavy atom. The molecule has 0 unspecified atom stereocenters. The third kappa shape index (κ3) is 3.38. The maximum absolute atomic E-state index is 12.9. The zero-order valence-electron chi connectivity index (χ0n) is 15.4. The van der Waals surface area contributed by atoms with E-state index in [0.29, 0.717) is 11.8 Å². The lowest BCUT2D eigenvalue weighted by molar-refractivity contribution is 0.00919. The fraction of sp³-hybridized carbons (Fsp3) is 0.571. The number of aliphatic hydroxyl groups is 1. The van der Waals surface area contributed by atoms with E-state index in [1.807, 2.05) is 18.2 Å². The summed E-state index contributed by atoms with van der Waals surface area (Å²) >= 11 is 0. The number of piperidine rings is 1. The Bertz CT molecular complexity index is 773. The molecule has 1 atom stereocenters. The molecule has 2 heterocycles. The molecule has 1 amide bonds. The van der Waals surface area contributed by atoms with Crippen molar-refractivity contribution in [1.29, 1.82) is 0 Å². The number of benzene rings is 1. The van der Waals surface area contributed by atoms with Gasteiger partial charge in [-0.25, -0.2) is 0 Å². The van der Waals surface area contributed by atoms with Gasteiger partial charge in [-0.05, 0) is 81.8 Å². The van der Waals surface area contributed by atoms with Gasteiger partial charge in [-0.15, -0.1) is 0 Å². The lowest BCUT2D eigenvalue weighted by Gasteiger charge is -2.43. The molecule has 4 rings (SSSR count). The number of nitrogens with one attached hydrogen (secondary N) is 2. The van der Waals surface area contributed by atoms with E-state index in [0.717, 1.165) is 56.3 Å². The number of hydrogen-bond acceptors (Lipinski definition) is 3. The van der Waals surface area contributed by atoms with Crippen molar-refractivity contribution in [2.24, 2.45) is 11.8 Å². The van der Waals surface area contributed by atoms with E-state index in [4.69, 9.17) is 0 Å². The Morgan fingerprint density at radius 1 is 1.27 bits per heavy atom. The minimum Gasteiger partial charge on any atom is -0.393 e. The van der Waals surface area contributed by atoms with Gasteiger partial charge in [0.15, 0.2) is 0 Å². The molecule has 1 aliphatic heterocycles. The van der Waals surface area contributed by atoms with Crippen LogP contribution < -0.4 is 10.6 Å². The van der Waals surface area contributed by atoms with E-state index in [-0.39, 0.29) is 18.1 Å². The highest BCUT2D eigenvalue weighted by Gasteiger charge is 2.39. The Hall–Kier alpha value is -1.85. The summed E-state index contributed by atoms with van der Waals surface area (Å²) in [4.78, 5) is 12.9. The summed E-state index contributed by atoms with van der Waals surface area (Å²) in [6.07, 6.45) is 5.69. The Morgan fingerprint density at radius 3 is 2.73 bits per heavy atom. The van der Waals surface area contributed by atoms with E-state index in [1.54, 1.807) is 0 Å². The standard InChI is InChI=1S/C21H29N3O2/c1-2-24-10-7-15-11-16(3-4-19(15)24)21(26)23-20(17-12-18(25)13-17)14-5-8-22-9-6-14/h3-4,7,10-11,14,17-18,20,22,25H,2,5-6,8-9,12-13H2,1H3,(H,23,26)/t17?,18?,20-/m1/s1. The number of carbonyl (C=O) groups is 1. The fourth-order valence-corrected chi connectivity index (χ4v) is 4.60. The van der Waals surface area contributed by atoms with Gasteiger partial charge in [0.1, 0.15) is 0 Å².